The Morgan fingerprint density at radius 3 is 2.77 bits per heavy atom. The van der Waals surface area contributed by atoms with Crippen LogP contribution in [0.2, 0.25) is 0 Å². The molecule has 1 aliphatic heterocycles. The second-order valence-electron chi connectivity index (χ2n) is 7.10. The van der Waals surface area contributed by atoms with Gasteiger partial charge >= 0.3 is 0 Å². The Morgan fingerprint density at radius 1 is 1.23 bits per heavy atom. The molecular formula is C23H26N4O3S. The topological polar surface area (TPSA) is 92.2 Å². The molecule has 7 nitrogen and oxygen atoms in total. The Hall–Kier alpha value is -3.13. The molecule has 31 heavy (non-hydrogen) atoms. The molecule has 0 spiro atoms. The molecule has 2 amide bonds. The molecular weight excluding hydrogens is 412 g/mol. The van der Waals surface area contributed by atoms with Gasteiger partial charge in [-0.15, -0.1) is 5.10 Å². The molecule has 0 radical (unpaired) electrons. The minimum absolute atomic E-state index is 0.0568. The second-order valence-corrected chi connectivity index (χ2v) is 8.30. The van der Waals surface area contributed by atoms with Crippen LogP contribution in [0.1, 0.15) is 37.3 Å². The summed E-state index contributed by atoms with van der Waals surface area (Å²) in [5.41, 5.74) is 2.63. The maximum absolute atomic E-state index is 12.3. The van der Waals surface area contributed by atoms with E-state index in [1.54, 1.807) is 6.21 Å². The smallest absolute Gasteiger partial charge is 0.240 e. The standard InChI is InChI=1S/C23H26N4O3S/c1-3-4-13-30-19-8-6-5-7-17(19)15-24-27-23-26-22(29)20(31-23)14-21(28)25-18-11-9-16(2)10-12-18/h5-12,15,20H,3-4,13-14H2,1-2H3,(H,25,28)(H,26,27,29)/b24-15-/t20-/m0/s1. The Morgan fingerprint density at radius 2 is 2.00 bits per heavy atom. The van der Waals surface area contributed by atoms with Crippen LogP contribution in [0, 0.1) is 6.92 Å². The Balaban J connectivity index is 1.55. The van der Waals surface area contributed by atoms with Gasteiger partial charge in [-0.25, -0.2) is 0 Å². The molecule has 3 rings (SSSR count). The van der Waals surface area contributed by atoms with E-state index in [-0.39, 0.29) is 18.2 Å². The number of amides is 2. The van der Waals surface area contributed by atoms with E-state index in [4.69, 9.17) is 4.74 Å². The number of nitrogens with one attached hydrogen (secondary N) is 2. The molecule has 1 fully saturated rings. The highest BCUT2D eigenvalue weighted by Crippen LogP contribution is 2.23. The highest BCUT2D eigenvalue weighted by atomic mass is 32.2. The first-order chi connectivity index (χ1) is 15.0. The number of benzene rings is 2. The first-order valence-corrected chi connectivity index (χ1v) is 11.1. The largest absolute Gasteiger partial charge is 0.493 e. The number of hydrogen-bond acceptors (Lipinski definition) is 6. The zero-order valence-corrected chi connectivity index (χ0v) is 18.4. The molecule has 8 heteroatoms. The van der Waals surface area contributed by atoms with Crippen LogP contribution in [0.3, 0.4) is 0 Å². The van der Waals surface area contributed by atoms with Gasteiger partial charge in [0.1, 0.15) is 11.0 Å². The van der Waals surface area contributed by atoms with Crippen molar-refractivity contribution in [2.75, 3.05) is 11.9 Å². The average molecular weight is 439 g/mol. The Kier molecular flexibility index (Phi) is 8.23. The van der Waals surface area contributed by atoms with Crippen molar-refractivity contribution in [2.24, 2.45) is 10.2 Å². The zero-order valence-electron chi connectivity index (χ0n) is 17.6. The zero-order chi connectivity index (χ0) is 22.1. The molecule has 1 saturated heterocycles. The number of para-hydroxylation sites is 1. The predicted molar refractivity (Wildman–Crippen MR) is 126 cm³/mol. The quantitative estimate of drug-likeness (QED) is 0.350. The lowest BCUT2D eigenvalue weighted by Crippen LogP contribution is -2.28. The number of rotatable bonds is 9. The maximum atomic E-state index is 12.3. The number of hydrogen-bond donors (Lipinski definition) is 2. The van der Waals surface area contributed by atoms with Crippen LogP contribution >= 0.6 is 11.8 Å². The van der Waals surface area contributed by atoms with E-state index < -0.39 is 5.25 Å². The first kappa shape index (κ1) is 22.6. The van der Waals surface area contributed by atoms with E-state index in [0.29, 0.717) is 17.5 Å². The van der Waals surface area contributed by atoms with Crippen molar-refractivity contribution in [1.29, 1.82) is 0 Å². The van der Waals surface area contributed by atoms with Gasteiger partial charge in [0.05, 0.1) is 12.8 Å². The van der Waals surface area contributed by atoms with E-state index in [0.717, 1.165) is 29.7 Å². The number of unbranched alkanes of at least 4 members (excludes halogenated alkanes) is 1. The molecule has 1 atom stereocenters. The predicted octanol–water partition coefficient (Wildman–Crippen LogP) is 4.12. The fourth-order valence-corrected chi connectivity index (χ4v) is 3.72. The number of carbonyl (C=O) groups is 2. The summed E-state index contributed by atoms with van der Waals surface area (Å²) in [7, 11) is 0. The van der Waals surface area contributed by atoms with Crippen molar-refractivity contribution in [3.63, 3.8) is 0 Å². The molecule has 0 bridgehead atoms. The number of ether oxygens (including phenoxy) is 1. The van der Waals surface area contributed by atoms with Crippen molar-refractivity contribution in [3.8, 4) is 5.75 Å². The van der Waals surface area contributed by atoms with E-state index in [1.165, 1.54) is 11.8 Å². The molecule has 2 aromatic carbocycles. The van der Waals surface area contributed by atoms with E-state index in [1.807, 2.05) is 55.5 Å². The van der Waals surface area contributed by atoms with Gasteiger partial charge in [-0.1, -0.05) is 54.9 Å². The SMILES string of the molecule is CCCCOc1ccccc1/C=N\N=C1\NC(=O)[C@H](CC(=O)Nc2ccc(C)cc2)S1. The lowest BCUT2D eigenvalue weighted by molar-refractivity contribution is -0.122. The number of nitrogens with zero attached hydrogens (tertiary/aromatic N) is 2. The van der Waals surface area contributed by atoms with Gasteiger partial charge in [0.15, 0.2) is 5.17 Å². The van der Waals surface area contributed by atoms with E-state index in [2.05, 4.69) is 27.8 Å². The van der Waals surface area contributed by atoms with Gasteiger partial charge in [0.2, 0.25) is 11.8 Å². The monoisotopic (exact) mass is 438 g/mol. The number of anilines is 1. The van der Waals surface area contributed by atoms with Crippen LogP contribution in [0.5, 0.6) is 5.75 Å². The van der Waals surface area contributed by atoms with Crippen LogP contribution < -0.4 is 15.4 Å². The van der Waals surface area contributed by atoms with E-state index in [9.17, 15) is 9.59 Å². The molecule has 0 unspecified atom stereocenters. The number of carbonyl (C=O) groups excluding carboxylic acids is 2. The van der Waals surface area contributed by atoms with Crippen LogP contribution in [0.25, 0.3) is 0 Å². The van der Waals surface area contributed by atoms with Crippen LogP contribution in [-0.2, 0) is 9.59 Å². The molecule has 2 N–H and O–H groups in total. The summed E-state index contributed by atoms with van der Waals surface area (Å²) in [6.07, 6.45) is 3.69. The minimum Gasteiger partial charge on any atom is -0.493 e. The Bertz CT molecular complexity index is 973. The minimum atomic E-state index is -0.538. The third kappa shape index (κ3) is 6.96. The summed E-state index contributed by atoms with van der Waals surface area (Å²) in [4.78, 5) is 24.4. The van der Waals surface area contributed by atoms with Gasteiger partial charge in [-0.3, -0.25) is 9.59 Å². The van der Waals surface area contributed by atoms with Crippen molar-refractivity contribution in [3.05, 3.63) is 59.7 Å². The first-order valence-electron chi connectivity index (χ1n) is 10.2. The van der Waals surface area contributed by atoms with Gasteiger partial charge in [0.25, 0.3) is 0 Å². The number of amidine groups is 1. The third-order valence-corrected chi connectivity index (χ3v) is 5.57. The van der Waals surface area contributed by atoms with Gasteiger partial charge in [0, 0.05) is 17.7 Å². The van der Waals surface area contributed by atoms with Crippen LogP contribution in [0.4, 0.5) is 5.69 Å². The maximum Gasteiger partial charge on any atom is 0.240 e. The van der Waals surface area contributed by atoms with Crippen molar-refractivity contribution >= 4 is 40.6 Å². The fourth-order valence-electron chi connectivity index (χ4n) is 2.79. The van der Waals surface area contributed by atoms with Crippen LogP contribution in [0.15, 0.2) is 58.7 Å². The summed E-state index contributed by atoms with van der Waals surface area (Å²) >= 11 is 1.20. The highest BCUT2D eigenvalue weighted by molar-refractivity contribution is 8.15. The second kappa shape index (κ2) is 11.3. The van der Waals surface area contributed by atoms with Crippen molar-refractivity contribution < 1.29 is 14.3 Å². The normalized spacial score (nSPS) is 17.2. The van der Waals surface area contributed by atoms with Crippen LogP contribution in [-0.4, -0.2) is 35.1 Å². The lowest BCUT2D eigenvalue weighted by Gasteiger charge is -2.07. The van der Waals surface area contributed by atoms with Crippen molar-refractivity contribution in [2.45, 2.75) is 38.4 Å². The fraction of sp³-hybridized carbons (Fsp3) is 0.304. The number of aryl methyl sites for hydroxylation is 1. The number of thioether (sulfide) groups is 1. The van der Waals surface area contributed by atoms with Gasteiger partial charge in [-0.05, 0) is 37.6 Å². The summed E-state index contributed by atoms with van der Waals surface area (Å²) in [5, 5.41) is 13.5. The molecule has 1 heterocycles. The molecule has 0 saturated carbocycles. The molecule has 0 aromatic heterocycles. The summed E-state index contributed by atoms with van der Waals surface area (Å²) < 4.78 is 5.77. The summed E-state index contributed by atoms with van der Waals surface area (Å²) in [6.45, 7) is 4.74. The van der Waals surface area contributed by atoms with E-state index >= 15 is 0 Å². The highest BCUT2D eigenvalue weighted by Gasteiger charge is 2.32. The lowest BCUT2D eigenvalue weighted by atomic mass is 10.2. The average Bonchev–Trinajstić information content (AvgIpc) is 3.10. The molecule has 0 aliphatic carbocycles. The third-order valence-electron chi connectivity index (χ3n) is 4.50. The van der Waals surface area contributed by atoms with Crippen molar-refractivity contribution in [1.82, 2.24) is 5.32 Å². The van der Waals surface area contributed by atoms with Gasteiger partial charge in [-0.2, -0.15) is 5.10 Å². The molecule has 2 aromatic rings. The Labute approximate surface area is 186 Å². The van der Waals surface area contributed by atoms with Gasteiger partial charge < -0.3 is 15.4 Å². The molecule has 162 valence electrons. The summed E-state index contributed by atoms with van der Waals surface area (Å²) in [6, 6.07) is 15.1. The summed E-state index contributed by atoms with van der Waals surface area (Å²) in [5.74, 6) is 0.273. The molecule has 1 aliphatic rings.